The number of aromatic nitrogens is 1. The minimum Gasteiger partial charge on any atom is -0.467 e. The smallest absolute Gasteiger partial charge is 0.128 e. The summed E-state index contributed by atoms with van der Waals surface area (Å²) in [5.74, 6) is 1.98. The molecule has 4 nitrogen and oxygen atoms in total. The van der Waals surface area contributed by atoms with Crippen LogP contribution in [-0.2, 0) is 6.54 Å². The molecule has 2 aromatic rings. The topological polar surface area (TPSA) is 41.3 Å². The summed E-state index contributed by atoms with van der Waals surface area (Å²) >= 11 is 0. The van der Waals surface area contributed by atoms with Crippen molar-refractivity contribution in [2.75, 3.05) is 23.3 Å². The summed E-state index contributed by atoms with van der Waals surface area (Å²) < 4.78 is 5.39. The van der Waals surface area contributed by atoms with E-state index in [0.717, 1.165) is 30.4 Å². The van der Waals surface area contributed by atoms with E-state index in [1.807, 2.05) is 25.3 Å². The zero-order valence-corrected chi connectivity index (χ0v) is 11.8. The van der Waals surface area contributed by atoms with Crippen molar-refractivity contribution >= 4 is 11.5 Å². The number of pyridine rings is 1. The van der Waals surface area contributed by atoms with Crippen molar-refractivity contribution in [3.05, 3.63) is 42.0 Å². The second kappa shape index (κ2) is 6.27. The van der Waals surface area contributed by atoms with Crippen molar-refractivity contribution in [1.82, 2.24) is 4.98 Å². The molecule has 0 fully saturated rings. The van der Waals surface area contributed by atoms with E-state index >= 15 is 0 Å². The Labute approximate surface area is 114 Å². The Balaban J connectivity index is 1.97. The number of hydrogen-bond donors (Lipinski definition) is 1. The Morgan fingerprint density at radius 3 is 2.53 bits per heavy atom. The third kappa shape index (κ3) is 3.28. The van der Waals surface area contributed by atoms with Crippen LogP contribution in [0.15, 0.2) is 35.1 Å². The molecule has 0 radical (unpaired) electrons. The van der Waals surface area contributed by atoms with E-state index in [2.05, 4.69) is 35.1 Å². The van der Waals surface area contributed by atoms with E-state index in [0.29, 0.717) is 6.54 Å². The summed E-state index contributed by atoms with van der Waals surface area (Å²) in [7, 11) is 0. The van der Waals surface area contributed by atoms with E-state index in [-0.39, 0.29) is 0 Å². The van der Waals surface area contributed by atoms with Crippen molar-refractivity contribution < 1.29 is 4.42 Å². The molecule has 1 N–H and O–H groups in total. The number of rotatable bonds is 6. The van der Waals surface area contributed by atoms with Gasteiger partial charge in [-0.15, -0.1) is 0 Å². The summed E-state index contributed by atoms with van der Waals surface area (Å²) in [4.78, 5) is 6.70. The fourth-order valence-electron chi connectivity index (χ4n) is 1.99. The van der Waals surface area contributed by atoms with Crippen LogP contribution in [0.2, 0.25) is 0 Å². The van der Waals surface area contributed by atoms with Gasteiger partial charge in [-0.1, -0.05) is 0 Å². The van der Waals surface area contributed by atoms with Gasteiger partial charge in [-0.05, 0) is 44.5 Å². The summed E-state index contributed by atoms with van der Waals surface area (Å²) in [6.07, 6.45) is 3.58. The second-order valence-corrected chi connectivity index (χ2v) is 4.46. The van der Waals surface area contributed by atoms with Gasteiger partial charge in [0, 0.05) is 13.1 Å². The normalized spacial score (nSPS) is 10.5. The van der Waals surface area contributed by atoms with Crippen LogP contribution in [0.1, 0.15) is 25.2 Å². The van der Waals surface area contributed by atoms with Gasteiger partial charge < -0.3 is 14.6 Å². The Morgan fingerprint density at radius 1 is 1.21 bits per heavy atom. The Morgan fingerprint density at radius 2 is 2.00 bits per heavy atom. The zero-order chi connectivity index (χ0) is 13.7. The van der Waals surface area contributed by atoms with Crippen LogP contribution in [0.5, 0.6) is 0 Å². The molecular weight excluding hydrogens is 238 g/mol. The van der Waals surface area contributed by atoms with E-state index in [9.17, 15) is 0 Å². The summed E-state index contributed by atoms with van der Waals surface area (Å²) in [5.41, 5.74) is 2.17. The quantitative estimate of drug-likeness (QED) is 0.862. The summed E-state index contributed by atoms with van der Waals surface area (Å²) in [6, 6.07) is 6.07. The van der Waals surface area contributed by atoms with Crippen LogP contribution in [0.25, 0.3) is 0 Å². The van der Waals surface area contributed by atoms with Crippen LogP contribution in [0, 0.1) is 6.92 Å². The van der Waals surface area contributed by atoms with E-state index in [1.165, 1.54) is 5.56 Å². The Hall–Kier alpha value is -1.97. The maximum Gasteiger partial charge on any atom is 0.128 e. The third-order valence-electron chi connectivity index (χ3n) is 3.26. The highest BCUT2D eigenvalue weighted by Gasteiger charge is 2.04. The lowest BCUT2D eigenvalue weighted by molar-refractivity contribution is 0.515. The van der Waals surface area contributed by atoms with Crippen molar-refractivity contribution in [1.29, 1.82) is 0 Å². The average molecular weight is 259 g/mol. The summed E-state index contributed by atoms with van der Waals surface area (Å²) in [6.45, 7) is 8.95. The highest BCUT2D eigenvalue weighted by Crippen LogP contribution is 2.16. The number of anilines is 2. The van der Waals surface area contributed by atoms with Gasteiger partial charge in [-0.25, -0.2) is 4.98 Å². The van der Waals surface area contributed by atoms with Gasteiger partial charge in [0.25, 0.3) is 0 Å². The molecule has 0 atom stereocenters. The third-order valence-corrected chi connectivity index (χ3v) is 3.26. The predicted octanol–water partition coefficient (Wildman–Crippen LogP) is 3.44. The largest absolute Gasteiger partial charge is 0.467 e. The van der Waals surface area contributed by atoms with Crippen LogP contribution >= 0.6 is 0 Å². The van der Waals surface area contributed by atoms with Crippen molar-refractivity contribution in [3.8, 4) is 0 Å². The van der Waals surface area contributed by atoms with Crippen LogP contribution < -0.4 is 10.2 Å². The first-order chi connectivity index (χ1) is 9.24. The molecule has 0 amide bonds. The highest BCUT2D eigenvalue weighted by molar-refractivity contribution is 5.48. The molecule has 0 aliphatic rings. The molecule has 0 unspecified atom stereocenters. The van der Waals surface area contributed by atoms with E-state index < -0.39 is 0 Å². The minimum atomic E-state index is 0.686. The Bertz CT molecular complexity index is 500. The van der Waals surface area contributed by atoms with Gasteiger partial charge >= 0.3 is 0 Å². The van der Waals surface area contributed by atoms with Crippen LogP contribution in [-0.4, -0.2) is 18.1 Å². The van der Waals surface area contributed by atoms with Gasteiger partial charge in [0.05, 0.1) is 24.7 Å². The van der Waals surface area contributed by atoms with Crippen LogP contribution in [0.4, 0.5) is 11.5 Å². The molecular formula is C15H21N3O. The molecule has 19 heavy (non-hydrogen) atoms. The van der Waals surface area contributed by atoms with Crippen LogP contribution in [0.3, 0.4) is 0 Å². The molecule has 0 saturated heterocycles. The van der Waals surface area contributed by atoms with Crippen molar-refractivity contribution in [2.45, 2.75) is 27.3 Å². The number of nitrogens with zero attached hydrogens (tertiary/aromatic N) is 2. The standard InChI is InChI=1S/C15H21N3O/c1-4-18(5-2)15-7-6-13(10-17-15)16-11-14-12(3)8-9-19-14/h6-10,16H,4-5,11H2,1-3H3. The van der Waals surface area contributed by atoms with Gasteiger partial charge in [0.2, 0.25) is 0 Å². The van der Waals surface area contributed by atoms with Crippen molar-refractivity contribution in [2.24, 2.45) is 0 Å². The maximum absolute atomic E-state index is 5.39. The molecule has 0 aromatic carbocycles. The first kappa shape index (κ1) is 13.5. The minimum absolute atomic E-state index is 0.686. The van der Waals surface area contributed by atoms with E-state index in [1.54, 1.807) is 6.26 Å². The lowest BCUT2D eigenvalue weighted by Crippen LogP contribution is -2.22. The van der Waals surface area contributed by atoms with Crippen molar-refractivity contribution in [3.63, 3.8) is 0 Å². The van der Waals surface area contributed by atoms with Gasteiger partial charge in [0.1, 0.15) is 11.6 Å². The second-order valence-electron chi connectivity index (χ2n) is 4.46. The Kier molecular flexibility index (Phi) is 4.44. The monoisotopic (exact) mass is 259 g/mol. The van der Waals surface area contributed by atoms with E-state index in [4.69, 9.17) is 4.42 Å². The molecule has 0 bridgehead atoms. The molecule has 2 heterocycles. The molecule has 2 rings (SSSR count). The summed E-state index contributed by atoms with van der Waals surface area (Å²) in [5, 5.41) is 3.32. The molecule has 0 saturated carbocycles. The number of hydrogen-bond acceptors (Lipinski definition) is 4. The molecule has 0 aliphatic carbocycles. The molecule has 2 aromatic heterocycles. The predicted molar refractivity (Wildman–Crippen MR) is 78.6 cm³/mol. The fraction of sp³-hybridized carbons (Fsp3) is 0.400. The molecule has 0 spiro atoms. The number of furan rings is 1. The maximum atomic E-state index is 5.39. The SMILES string of the molecule is CCN(CC)c1ccc(NCc2occc2C)cn1. The number of nitrogens with one attached hydrogen (secondary N) is 1. The van der Waals surface area contributed by atoms with Gasteiger partial charge in [-0.3, -0.25) is 0 Å². The lowest BCUT2D eigenvalue weighted by Gasteiger charge is -2.19. The zero-order valence-electron chi connectivity index (χ0n) is 11.8. The van der Waals surface area contributed by atoms with Gasteiger partial charge in [0.15, 0.2) is 0 Å². The molecule has 4 heteroatoms. The lowest BCUT2D eigenvalue weighted by atomic mass is 10.3. The first-order valence-electron chi connectivity index (χ1n) is 6.72. The highest BCUT2D eigenvalue weighted by atomic mass is 16.3. The average Bonchev–Trinajstić information content (AvgIpc) is 2.85. The van der Waals surface area contributed by atoms with Gasteiger partial charge in [-0.2, -0.15) is 0 Å². The first-order valence-corrected chi connectivity index (χ1v) is 6.72. The molecule has 102 valence electrons. The fourth-order valence-corrected chi connectivity index (χ4v) is 1.99. The number of aryl methyl sites for hydroxylation is 1. The molecule has 0 aliphatic heterocycles.